The third kappa shape index (κ3) is 4.80. The Morgan fingerprint density at radius 3 is 2.58 bits per heavy atom. The van der Waals surface area contributed by atoms with Gasteiger partial charge in [0.15, 0.2) is 6.10 Å². The van der Waals surface area contributed by atoms with Crippen LogP contribution in [0.15, 0.2) is 60.2 Å². The zero-order valence-electron chi connectivity index (χ0n) is 36.5. The van der Waals surface area contributed by atoms with Crippen molar-refractivity contribution in [3.05, 3.63) is 82.6 Å². The molecule has 302 valence electrons. The molecule has 0 amide bonds. The number of aromatic amines is 1. The molecule has 57 heavy (non-hydrogen) atoms. The van der Waals surface area contributed by atoms with Crippen LogP contribution in [-0.2, 0) is 46.0 Å². The summed E-state index contributed by atoms with van der Waals surface area (Å²) < 4.78 is 48.3. The minimum absolute atomic E-state index is 0.168. The quantitative estimate of drug-likeness (QED) is 0.196. The van der Waals surface area contributed by atoms with E-state index in [4.69, 9.17) is 23.1 Å². The van der Waals surface area contributed by atoms with Crippen LogP contribution in [0.4, 0.5) is 5.69 Å². The Kier molecular flexibility index (Phi) is 7.96. The van der Waals surface area contributed by atoms with Crippen molar-refractivity contribution in [2.45, 2.75) is 87.6 Å². The predicted molar refractivity (Wildman–Crippen MR) is 214 cm³/mol. The molecule has 1 aliphatic carbocycles. The van der Waals surface area contributed by atoms with E-state index in [0.717, 1.165) is 35.0 Å². The fourth-order valence-corrected chi connectivity index (χ4v) is 12.8. The van der Waals surface area contributed by atoms with Crippen molar-refractivity contribution in [3.63, 3.8) is 0 Å². The maximum absolute atomic E-state index is 15.5. The van der Waals surface area contributed by atoms with E-state index in [1.807, 2.05) is 67.4 Å². The maximum atomic E-state index is 15.5. The number of hydrogen-bond acceptors (Lipinski definition) is 11. The SMILES string of the molecule is [2H]C([2H])([2H])OC(=O)[C@]1(c2cc3c(cc2OC)N(C)[C@H]2[C@@](O)(C(=O)OC)[C@H](OC(C)=O)[C@]4(CC)C=CCN5CC[C@]32[C@@H]54)C[C@@H]2C=C(CC)CN(Cc3c1[nH]c1ccccc31)C2. The van der Waals surface area contributed by atoms with Gasteiger partial charge in [0.25, 0.3) is 0 Å². The van der Waals surface area contributed by atoms with Crippen molar-refractivity contribution in [1.82, 2.24) is 14.8 Å². The summed E-state index contributed by atoms with van der Waals surface area (Å²) in [4.78, 5) is 53.1. The first-order valence-electron chi connectivity index (χ1n) is 21.6. The molecule has 12 nitrogen and oxygen atoms in total. The van der Waals surface area contributed by atoms with Crippen LogP contribution in [0.25, 0.3) is 10.9 Å². The van der Waals surface area contributed by atoms with Gasteiger partial charge < -0.3 is 33.9 Å². The summed E-state index contributed by atoms with van der Waals surface area (Å²) in [6.07, 6.45) is 6.85. The first kappa shape index (κ1) is 34.4. The molecule has 12 heteroatoms. The van der Waals surface area contributed by atoms with Crippen LogP contribution in [0.1, 0.15) is 73.0 Å². The lowest BCUT2D eigenvalue weighted by Crippen LogP contribution is -2.81. The van der Waals surface area contributed by atoms with Crippen molar-refractivity contribution in [3.8, 4) is 5.75 Å². The summed E-state index contributed by atoms with van der Waals surface area (Å²) >= 11 is 0. The number of methoxy groups -OCH3 is 3. The van der Waals surface area contributed by atoms with E-state index < -0.39 is 58.9 Å². The predicted octanol–water partition coefficient (Wildman–Crippen LogP) is 4.75. The van der Waals surface area contributed by atoms with Crippen molar-refractivity contribution in [1.29, 1.82) is 0 Å². The average molecular weight is 782 g/mol. The Morgan fingerprint density at radius 1 is 1.05 bits per heavy atom. The van der Waals surface area contributed by atoms with Crippen molar-refractivity contribution in [2.75, 3.05) is 59.4 Å². The molecule has 9 rings (SSSR count). The molecular weight excluding hydrogens is 725 g/mol. The number of nitrogens with zero attached hydrogens (tertiary/aromatic N) is 3. The maximum Gasteiger partial charge on any atom is 0.344 e. The second-order valence-electron chi connectivity index (χ2n) is 17.1. The van der Waals surface area contributed by atoms with Gasteiger partial charge in [0.05, 0.1) is 31.4 Å². The molecule has 0 radical (unpaired) electrons. The lowest BCUT2D eigenvalue weighted by atomic mass is 9.47. The van der Waals surface area contributed by atoms with Crippen LogP contribution in [0.3, 0.4) is 0 Å². The minimum Gasteiger partial charge on any atom is -0.496 e. The van der Waals surface area contributed by atoms with Crippen molar-refractivity contribution < 1.29 is 42.5 Å². The highest BCUT2D eigenvalue weighted by atomic mass is 16.6. The van der Waals surface area contributed by atoms with Gasteiger partial charge >= 0.3 is 17.9 Å². The Morgan fingerprint density at radius 2 is 1.86 bits per heavy atom. The molecule has 2 N–H and O–H groups in total. The smallest absolute Gasteiger partial charge is 0.344 e. The number of benzene rings is 2. The zero-order chi connectivity index (χ0) is 42.7. The number of aromatic nitrogens is 1. The number of likely N-dealkylation sites (N-methyl/N-ethyl adjacent to an activating group) is 1. The molecule has 1 aromatic heterocycles. The van der Waals surface area contributed by atoms with E-state index in [-0.39, 0.29) is 18.4 Å². The number of hydrogen-bond donors (Lipinski definition) is 2. The number of anilines is 1. The normalized spacial score (nSPS) is 35.9. The number of carbonyl (C=O) groups is 3. The number of esters is 3. The van der Waals surface area contributed by atoms with E-state index in [0.29, 0.717) is 61.7 Å². The summed E-state index contributed by atoms with van der Waals surface area (Å²) in [5.74, 6) is -2.35. The molecule has 6 aliphatic rings. The van der Waals surface area contributed by atoms with Crippen molar-refractivity contribution in [2.24, 2.45) is 11.3 Å². The standard InChI is InChI=1S/C45H54N4O8/c1-8-27-19-28-22-44(40(51)55-6,36-30(25-48(23-27)24-28)29-13-10-11-14-33(29)46-36)32-20-31-34(21-35(32)54-5)47(4)38-43(31)16-18-49-17-12-15-42(9-2,37(43)49)39(57-26(3)50)45(38,53)41(52)56-7/h10-15,19-21,28,37-39,46,53H,8-9,16-18,22-25H2,1-7H3/t28-,37-,38+,39+,42+,43+,44-,45-/m0/s1/i6D3. The van der Waals surface area contributed by atoms with Gasteiger partial charge in [-0.15, -0.1) is 0 Å². The average Bonchev–Trinajstić information content (AvgIpc) is 3.86. The molecule has 2 fully saturated rings. The van der Waals surface area contributed by atoms with Gasteiger partial charge in [-0.2, -0.15) is 0 Å². The first-order chi connectivity index (χ1) is 28.5. The van der Waals surface area contributed by atoms with Crippen LogP contribution >= 0.6 is 0 Å². The van der Waals surface area contributed by atoms with Gasteiger partial charge in [-0.25, -0.2) is 4.79 Å². The van der Waals surface area contributed by atoms with Gasteiger partial charge in [-0.3, -0.25) is 19.4 Å². The van der Waals surface area contributed by atoms with Crippen LogP contribution in [0, 0.1) is 11.3 Å². The van der Waals surface area contributed by atoms with Crippen LogP contribution < -0.4 is 9.64 Å². The molecule has 1 saturated carbocycles. The first-order valence-corrected chi connectivity index (χ1v) is 20.1. The fourth-order valence-electron chi connectivity index (χ4n) is 12.8. The second-order valence-corrected chi connectivity index (χ2v) is 17.1. The third-order valence-corrected chi connectivity index (χ3v) is 14.7. The van der Waals surface area contributed by atoms with E-state index in [1.54, 1.807) is 0 Å². The number of carbonyl (C=O) groups excluding carboxylic acids is 3. The largest absolute Gasteiger partial charge is 0.496 e. The molecule has 1 spiro atoms. The number of para-hydroxylation sites is 1. The van der Waals surface area contributed by atoms with Crippen LogP contribution in [-0.4, -0.2) is 116 Å². The van der Waals surface area contributed by atoms with Gasteiger partial charge in [-0.05, 0) is 61.4 Å². The number of ether oxygens (including phenoxy) is 4. The highest BCUT2D eigenvalue weighted by Gasteiger charge is 2.80. The molecule has 9 atom stereocenters. The van der Waals surface area contributed by atoms with Crippen LogP contribution in [0.2, 0.25) is 0 Å². The summed E-state index contributed by atoms with van der Waals surface area (Å²) in [5.41, 5.74) is -0.837. The van der Waals surface area contributed by atoms with E-state index in [1.165, 1.54) is 26.7 Å². The summed E-state index contributed by atoms with van der Waals surface area (Å²) in [7, 11) is 1.49. The van der Waals surface area contributed by atoms with Gasteiger partial charge in [0.2, 0.25) is 5.60 Å². The summed E-state index contributed by atoms with van der Waals surface area (Å²) in [6, 6.07) is 10.3. The van der Waals surface area contributed by atoms with Gasteiger partial charge in [0.1, 0.15) is 11.2 Å². The molecule has 5 aliphatic heterocycles. The Labute approximate surface area is 338 Å². The highest BCUT2D eigenvalue weighted by molar-refractivity contribution is 5.95. The summed E-state index contributed by atoms with van der Waals surface area (Å²) in [6.45, 7) is 8.50. The molecule has 6 heterocycles. The monoisotopic (exact) mass is 781 g/mol. The van der Waals surface area contributed by atoms with E-state index in [9.17, 15) is 14.7 Å². The second kappa shape index (κ2) is 13.2. The molecule has 3 aromatic rings. The number of H-pyrrole nitrogens is 1. The topological polar surface area (TPSA) is 134 Å². The van der Waals surface area contributed by atoms with Crippen LogP contribution in [0.5, 0.6) is 5.75 Å². The number of nitrogens with one attached hydrogen (secondary N) is 1. The lowest BCUT2D eigenvalue weighted by molar-refractivity contribution is -0.228. The lowest BCUT2D eigenvalue weighted by Gasteiger charge is -2.63. The molecule has 1 saturated heterocycles. The van der Waals surface area contributed by atoms with Gasteiger partial charge in [0, 0.05) is 90.9 Å². The molecular formula is C45H54N4O8. The highest BCUT2D eigenvalue weighted by Crippen LogP contribution is 2.68. The van der Waals surface area contributed by atoms with Crippen molar-refractivity contribution >= 4 is 34.5 Å². The molecule has 2 aromatic carbocycles. The Balaban J connectivity index is 1.38. The van der Waals surface area contributed by atoms with Gasteiger partial charge in [-0.1, -0.05) is 55.8 Å². The fraction of sp³-hybridized carbons (Fsp3) is 0.533. The number of fused-ring (bicyclic) bond motifs is 6. The molecule has 1 unspecified atom stereocenters. The van der Waals surface area contributed by atoms with E-state index in [2.05, 4.69) is 27.8 Å². The Bertz CT molecular complexity index is 2360. The van der Waals surface area contributed by atoms with E-state index >= 15 is 4.79 Å². The minimum atomic E-state index is -3.07. The summed E-state index contributed by atoms with van der Waals surface area (Å²) in [5, 5.41) is 14.2. The third-order valence-electron chi connectivity index (χ3n) is 14.7. The number of aliphatic hydroxyl groups is 1. The molecule has 2 bridgehead atoms. The zero-order valence-corrected chi connectivity index (χ0v) is 33.5. The Hall–Kier alpha value is -4.65. The number of rotatable bonds is 7.